The van der Waals surface area contributed by atoms with Crippen LogP contribution >= 0.6 is 11.3 Å². The van der Waals surface area contributed by atoms with E-state index in [1.54, 1.807) is 25.2 Å². The standard InChI is InChI=1S/C17H22N4O2S/c1-11-15(12(2)23-20-11)16(22)18-7-6-14-10-24-17(19-14)13-5-4-8-21(3)9-13/h5,10H,4,6-9H2,1-3H3,(H,18,22). The van der Waals surface area contributed by atoms with Gasteiger partial charge in [0.15, 0.2) is 0 Å². The van der Waals surface area contributed by atoms with Gasteiger partial charge in [0.1, 0.15) is 16.3 Å². The Labute approximate surface area is 145 Å². The van der Waals surface area contributed by atoms with Gasteiger partial charge in [-0.1, -0.05) is 11.2 Å². The molecular weight excluding hydrogens is 324 g/mol. The lowest BCUT2D eigenvalue weighted by Crippen LogP contribution is -2.26. The molecule has 24 heavy (non-hydrogen) atoms. The number of aryl methyl sites for hydroxylation is 2. The van der Waals surface area contributed by atoms with Gasteiger partial charge in [0.25, 0.3) is 5.91 Å². The van der Waals surface area contributed by atoms with Crippen LogP contribution in [-0.2, 0) is 6.42 Å². The van der Waals surface area contributed by atoms with Crippen LogP contribution in [0.5, 0.6) is 0 Å². The Balaban J connectivity index is 1.54. The zero-order valence-electron chi connectivity index (χ0n) is 14.3. The van der Waals surface area contributed by atoms with Crippen LogP contribution in [0.1, 0.15) is 38.9 Å². The molecule has 2 aromatic rings. The Kier molecular flexibility index (Phi) is 5.11. The van der Waals surface area contributed by atoms with Gasteiger partial charge in [0.05, 0.1) is 11.4 Å². The van der Waals surface area contributed by atoms with E-state index in [0.717, 1.165) is 30.2 Å². The maximum atomic E-state index is 12.2. The lowest BCUT2D eigenvalue weighted by atomic mass is 10.1. The molecule has 2 aromatic heterocycles. The van der Waals surface area contributed by atoms with Crippen LogP contribution < -0.4 is 5.32 Å². The second-order valence-electron chi connectivity index (χ2n) is 6.10. The van der Waals surface area contributed by atoms with E-state index in [4.69, 9.17) is 9.51 Å². The second-order valence-corrected chi connectivity index (χ2v) is 6.96. The third-order valence-corrected chi connectivity index (χ3v) is 5.06. The summed E-state index contributed by atoms with van der Waals surface area (Å²) in [5, 5.41) is 9.89. The molecule has 0 fully saturated rings. The van der Waals surface area contributed by atoms with Crippen LogP contribution in [0, 0.1) is 13.8 Å². The number of amides is 1. The smallest absolute Gasteiger partial charge is 0.256 e. The zero-order valence-corrected chi connectivity index (χ0v) is 15.1. The number of aromatic nitrogens is 2. The largest absolute Gasteiger partial charge is 0.361 e. The third kappa shape index (κ3) is 3.73. The number of hydrogen-bond donors (Lipinski definition) is 1. The highest BCUT2D eigenvalue weighted by molar-refractivity contribution is 7.10. The Morgan fingerprint density at radius 1 is 1.46 bits per heavy atom. The van der Waals surface area contributed by atoms with Gasteiger partial charge in [-0.05, 0) is 32.9 Å². The summed E-state index contributed by atoms with van der Waals surface area (Å²) >= 11 is 1.68. The fourth-order valence-electron chi connectivity index (χ4n) is 2.82. The van der Waals surface area contributed by atoms with Gasteiger partial charge in [-0.25, -0.2) is 4.98 Å². The first-order chi connectivity index (χ1) is 11.5. The van der Waals surface area contributed by atoms with Crippen LogP contribution in [0.2, 0.25) is 0 Å². The zero-order chi connectivity index (χ0) is 17.1. The molecule has 0 atom stereocenters. The predicted molar refractivity (Wildman–Crippen MR) is 94.2 cm³/mol. The highest BCUT2D eigenvalue weighted by Gasteiger charge is 2.17. The number of thiazole rings is 1. The van der Waals surface area contributed by atoms with Gasteiger partial charge in [-0.2, -0.15) is 0 Å². The predicted octanol–water partition coefficient (Wildman–Crippen LogP) is 2.44. The third-order valence-electron chi connectivity index (χ3n) is 4.10. The Hall–Kier alpha value is -1.99. The molecule has 128 valence electrons. The minimum Gasteiger partial charge on any atom is -0.361 e. The highest BCUT2D eigenvalue weighted by atomic mass is 32.1. The molecule has 1 N–H and O–H groups in total. The lowest BCUT2D eigenvalue weighted by molar-refractivity contribution is 0.0952. The Bertz CT molecular complexity index is 743. The summed E-state index contributed by atoms with van der Waals surface area (Å²) in [5.41, 5.74) is 3.47. The lowest BCUT2D eigenvalue weighted by Gasteiger charge is -2.21. The van der Waals surface area contributed by atoms with E-state index in [9.17, 15) is 4.79 Å². The fourth-order valence-corrected chi connectivity index (χ4v) is 3.70. The summed E-state index contributed by atoms with van der Waals surface area (Å²) in [5.74, 6) is 0.410. The van der Waals surface area contributed by atoms with E-state index < -0.39 is 0 Å². The molecule has 1 amide bonds. The van der Waals surface area contributed by atoms with Crippen LogP contribution in [0.15, 0.2) is 16.0 Å². The molecule has 0 bridgehead atoms. The minimum atomic E-state index is -0.140. The maximum Gasteiger partial charge on any atom is 0.256 e. The molecule has 0 radical (unpaired) electrons. The number of hydrogen-bond acceptors (Lipinski definition) is 6. The first kappa shape index (κ1) is 16.9. The van der Waals surface area contributed by atoms with Gasteiger partial charge in [0.2, 0.25) is 0 Å². The number of carbonyl (C=O) groups is 1. The number of nitrogens with one attached hydrogen (secondary N) is 1. The van der Waals surface area contributed by atoms with Crippen molar-refractivity contribution in [2.45, 2.75) is 26.7 Å². The number of rotatable bonds is 5. The topological polar surface area (TPSA) is 71.3 Å². The molecule has 3 rings (SSSR count). The molecule has 0 saturated heterocycles. The first-order valence-corrected chi connectivity index (χ1v) is 8.96. The Morgan fingerprint density at radius 2 is 2.29 bits per heavy atom. The number of nitrogens with zero attached hydrogens (tertiary/aromatic N) is 3. The van der Waals surface area contributed by atoms with Crippen LogP contribution in [0.4, 0.5) is 0 Å². The van der Waals surface area contributed by atoms with E-state index in [1.807, 2.05) is 0 Å². The summed E-state index contributed by atoms with van der Waals surface area (Å²) < 4.78 is 5.03. The molecule has 0 saturated carbocycles. The summed E-state index contributed by atoms with van der Waals surface area (Å²) in [7, 11) is 2.13. The summed E-state index contributed by atoms with van der Waals surface area (Å²) in [6.45, 7) is 6.12. The van der Waals surface area contributed by atoms with Crippen LogP contribution in [-0.4, -0.2) is 47.6 Å². The normalized spacial score (nSPS) is 15.4. The van der Waals surface area contributed by atoms with E-state index in [-0.39, 0.29) is 5.91 Å². The van der Waals surface area contributed by atoms with Gasteiger partial charge >= 0.3 is 0 Å². The molecule has 0 spiro atoms. The molecule has 3 heterocycles. The molecule has 6 nitrogen and oxygen atoms in total. The van der Waals surface area contributed by atoms with Crippen LogP contribution in [0.3, 0.4) is 0 Å². The van der Waals surface area contributed by atoms with Crippen molar-refractivity contribution in [1.82, 2.24) is 20.4 Å². The summed E-state index contributed by atoms with van der Waals surface area (Å²) in [6, 6.07) is 0. The quantitative estimate of drug-likeness (QED) is 0.900. The first-order valence-electron chi connectivity index (χ1n) is 8.08. The highest BCUT2D eigenvalue weighted by Crippen LogP contribution is 2.23. The fraction of sp³-hybridized carbons (Fsp3) is 0.471. The Morgan fingerprint density at radius 3 is 3.00 bits per heavy atom. The van der Waals surface area contributed by atoms with Gasteiger partial charge in [0, 0.05) is 31.4 Å². The van der Waals surface area contributed by atoms with E-state index in [2.05, 4.69) is 33.9 Å². The van der Waals surface area contributed by atoms with Gasteiger partial charge < -0.3 is 14.7 Å². The molecule has 0 aromatic carbocycles. The minimum absolute atomic E-state index is 0.140. The van der Waals surface area contributed by atoms with Crippen LogP contribution in [0.25, 0.3) is 5.57 Å². The second kappa shape index (κ2) is 7.27. The van der Waals surface area contributed by atoms with Crippen molar-refractivity contribution in [1.29, 1.82) is 0 Å². The maximum absolute atomic E-state index is 12.2. The molecule has 1 aliphatic rings. The molecular formula is C17H22N4O2S. The van der Waals surface area contributed by atoms with Crippen molar-refractivity contribution >= 4 is 22.8 Å². The van der Waals surface area contributed by atoms with Crippen molar-refractivity contribution in [3.05, 3.63) is 39.2 Å². The van der Waals surface area contributed by atoms with Gasteiger partial charge in [-0.3, -0.25) is 4.79 Å². The number of likely N-dealkylation sites (N-methyl/N-ethyl adjacent to an activating group) is 1. The molecule has 0 aliphatic carbocycles. The number of carbonyl (C=O) groups excluding carboxylic acids is 1. The average Bonchev–Trinajstić information content (AvgIpc) is 3.14. The van der Waals surface area contributed by atoms with Crippen molar-refractivity contribution in [2.24, 2.45) is 0 Å². The SMILES string of the molecule is Cc1noc(C)c1C(=O)NCCc1csc(C2=CCCN(C)C2)n1. The van der Waals surface area contributed by atoms with Crippen molar-refractivity contribution in [2.75, 3.05) is 26.7 Å². The molecule has 1 aliphatic heterocycles. The summed E-state index contributed by atoms with van der Waals surface area (Å²) in [4.78, 5) is 19.2. The summed E-state index contributed by atoms with van der Waals surface area (Å²) in [6.07, 6.45) is 4.07. The monoisotopic (exact) mass is 346 g/mol. The van der Waals surface area contributed by atoms with Crippen molar-refractivity contribution in [3.8, 4) is 0 Å². The van der Waals surface area contributed by atoms with Crippen molar-refractivity contribution < 1.29 is 9.32 Å². The van der Waals surface area contributed by atoms with E-state index >= 15 is 0 Å². The van der Waals surface area contributed by atoms with E-state index in [1.165, 1.54) is 5.57 Å². The molecule has 7 heteroatoms. The van der Waals surface area contributed by atoms with Gasteiger partial charge in [-0.15, -0.1) is 11.3 Å². The molecule has 0 unspecified atom stereocenters. The van der Waals surface area contributed by atoms with E-state index in [0.29, 0.717) is 30.0 Å². The van der Waals surface area contributed by atoms with Crippen molar-refractivity contribution in [3.63, 3.8) is 0 Å². The average molecular weight is 346 g/mol.